The number of carboxylic acid groups (broad SMARTS) is 1. The molecule has 2 N–H and O–H groups in total. The molecule has 1 aliphatic rings. The molecule has 0 unspecified atom stereocenters. The molecule has 0 spiro atoms. The van der Waals surface area contributed by atoms with Gasteiger partial charge in [-0.25, -0.2) is 18.8 Å². The SMILES string of the molecule is CC(C)NC(=O)c1ccc(-c2ccc(Cl)cc2)c(COc2ccc(-c3nc4cc(C(=O)O)ccc4n3N3CCCCC3)c(F)c2)c1.Cl. The lowest BCUT2D eigenvalue weighted by Crippen LogP contribution is -2.39. The van der Waals surface area contributed by atoms with Gasteiger partial charge in [0.25, 0.3) is 5.91 Å². The van der Waals surface area contributed by atoms with Crippen molar-refractivity contribution in [1.29, 1.82) is 0 Å². The van der Waals surface area contributed by atoms with E-state index in [-0.39, 0.29) is 42.1 Å². The predicted molar refractivity (Wildman–Crippen MR) is 185 cm³/mol. The van der Waals surface area contributed by atoms with E-state index in [1.807, 2.05) is 36.7 Å². The zero-order valence-corrected chi connectivity index (χ0v) is 27.6. The van der Waals surface area contributed by atoms with E-state index >= 15 is 4.39 Å². The molecule has 5 aromatic rings. The second-order valence-electron chi connectivity index (χ2n) is 11.7. The predicted octanol–water partition coefficient (Wildman–Crippen LogP) is 8.12. The van der Waals surface area contributed by atoms with Gasteiger partial charge in [0.15, 0.2) is 5.82 Å². The van der Waals surface area contributed by atoms with Gasteiger partial charge >= 0.3 is 5.97 Å². The summed E-state index contributed by atoms with van der Waals surface area (Å²) in [6.45, 7) is 5.45. The summed E-state index contributed by atoms with van der Waals surface area (Å²) in [5.41, 5.74) is 4.62. The van der Waals surface area contributed by atoms with Crippen LogP contribution in [0.3, 0.4) is 0 Å². The minimum atomic E-state index is -1.05. The number of rotatable bonds is 9. The molecule has 0 bridgehead atoms. The quantitative estimate of drug-likeness (QED) is 0.164. The Hall–Kier alpha value is -4.60. The van der Waals surface area contributed by atoms with Gasteiger partial charge in [-0.05, 0) is 104 Å². The highest BCUT2D eigenvalue weighted by molar-refractivity contribution is 6.30. The van der Waals surface area contributed by atoms with Gasteiger partial charge in [0.1, 0.15) is 18.2 Å². The minimum absolute atomic E-state index is 0. The molecular weight excluding hydrogens is 642 g/mol. The highest BCUT2D eigenvalue weighted by Crippen LogP contribution is 2.32. The molecule has 1 aromatic heterocycles. The van der Waals surface area contributed by atoms with E-state index < -0.39 is 11.8 Å². The minimum Gasteiger partial charge on any atom is -0.489 e. The molecule has 1 fully saturated rings. The topological polar surface area (TPSA) is 96.7 Å². The largest absolute Gasteiger partial charge is 0.489 e. The molecule has 0 saturated carbocycles. The van der Waals surface area contributed by atoms with Crippen LogP contribution in [0.2, 0.25) is 5.02 Å². The Bertz CT molecular complexity index is 1920. The number of carbonyl (C=O) groups excluding carboxylic acids is 1. The number of carbonyl (C=O) groups is 2. The molecule has 0 aliphatic carbocycles. The number of halogens is 3. The maximum atomic E-state index is 15.9. The number of hydrogen-bond donors (Lipinski definition) is 2. The molecule has 1 saturated heterocycles. The van der Waals surface area contributed by atoms with E-state index in [4.69, 9.17) is 21.3 Å². The number of nitrogens with zero attached hydrogens (tertiary/aromatic N) is 3. The standard InChI is InChI=1S/C36H34ClFN4O4.ClH/c1-22(2)39-35(43)24-8-13-29(23-6-10-27(37)11-7-23)26(18-24)21-46-28-12-14-30(31(38)20-28)34-40-32-19-25(36(44)45)9-15-33(32)42(34)41-16-4-3-5-17-41;/h6-15,18-20,22H,3-5,16-17,21H2,1-2H3,(H,39,43)(H,44,45);1H. The third kappa shape index (κ3) is 7.37. The first-order valence-corrected chi connectivity index (χ1v) is 15.7. The van der Waals surface area contributed by atoms with Crippen molar-refractivity contribution in [3.8, 4) is 28.3 Å². The molecule has 6 rings (SSSR count). The van der Waals surface area contributed by atoms with Crippen LogP contribution in [-0.2, 0) is 6.61 Å². The summed E-state index contributed by atoms with van der Waals surface area (Å²) in [6, 6.07) is 22.3. The molecule has 1 amide bonds. The molecule has 0 atom stereocenters. The highest BCUT2D eigenvalue weighted by Gasteiger charge is 2.23. The van der Waals surface area contributed by atoms with E-state index in [9.17, 15) is 14.7 Å². The summed E-state index contributed by atoms with van der Waals surface area (Å²) in [5.74, 6) is -1.05. The van der Waals surface area contributed by atoms with Gasteiger partial charge in [-0.3, -0.25) is 4.79 Å². The molecule has 4 aromatic carbocycles. The molecule has 244 valence electrons. The zero-order chi connectivity index (χ0) is 32.4. The highest BCUT2D eigenvalue weighted by atomic mass is 35.5. The van der Waals surface area contributed by atoms with Crippen molar-refractivity contribution in [1.82, 2.24) is 15.0 Å². The van der Waals surface area contributed by atoms with Crippen LogP contribution in [0.15, 0.2) is 78.9 Å². The van der Waals surface area contributed by atoms with Gasteiger partial charge in [0.2, 0.25) is 0 Å². The number of nitrogens with one attached hydrogen (secondary N) is 1. The Morgan fingerprint density at radius 1 is 0.936 bits per heavy atom. The second kappa shape index (κ2) is 14.4. The van der Waals surface area contributed by atoms with Crippen LogP contribution < -0.4 is 15.1 Å². The van der Waals surface area contributed by atoms with E-state index in [1.165, 1.54) is 12.1 Å². The van der Waals surface area contributed by atoms with Crippen molar-refractivity contribution < 1.29 is 23.8 Å². The van der Waals surface area contributed by atoms with Crippen molar-refractivity contribution in [2.45, 2.75) is 45.8 Å². The van der Waals surface area contributed by atoms with Gasteiger partial charge in [-0.2, -0.15) is 0 Å². The fourth-order valence-electron chi connectivity index (χ4n) is 5.78. The Kier molecular flexibility index (Phi) is 10.4. The Morgan fingerprint density at radius 2 is 1.64 bits per heavy atom. The maximum absolute atomic E-state index is 15.9. The monoisotopic (exact) mass is 676 g/mol. The van der Waals surface area contributed by atoms with Crippen molar-refractivity contribution in [2.24, 2.45) is 0 Å². The number of imidazole rings is 1. The van der Waals surface area contributed by atoms with E-state index in [1.54, 1.807) is 48.5 Å². The average Bonchev–Trinajstić information content (AvgIpc) is 3.42. The van der Waals surface area contributed by atoms with Crippen molar-refractivity contribution in [2.75, 3.05) is 18.1 Å². The number of aromatic nitrogens is 2. The second-order valence-corrected chi connectivity index (χ2v) is 12.1. The smallest absolute Gasteiger partial charge is 0.335 e. The van der Waals surface area contributed by atoms with Crippen LogP contribution in [0.1, 0.15) is 59.4 Å². The number of piperidine rings is 1. The lowest BCUT2D eigenvalue weighted by molar-refractivity contribution is 0.0696. The molecule has 2 heterocycles. The third-order valence-electron chi connectivity index (χ3n) is 8.01. The van der Waals surface area contributed by atoms with Crippen LogP contribution in [0.5, 0.6) is 5.75 Å². The van der Waals surface area contributed by atoms with Crippen molar-refractivity contribution in [3.63, 3.8) is 0 Å². The fraction of sp³-hybridized carbons (Fsp3) is 0.250. The van der Waals surface area contributed by atoms with Crippen LogP contribution in [-0.4, -0.2) is 45.8 Å². The summed E-state index contributed by atoms with van der Waals surface area (Å²) in [5, 5.41) is 15.2. The van der Waals surface area contributed by atoms with Gasteiger partial charge in [-0.15, -0.1) is 12.4 Å². The molecule has 0 radical (unpaired) electrons. The Morgan fingerprint density at radius 3 is 2.32 bits per heavy atom. The number of fused-ring (bicyclic) bond motifs is 1. The summed E-state index contributed by atoms with van der Waals surface area (Å²) in [7, 11) is 0. The van der Waals surface area contributed by atoms with Crippen molar-refractivity contribution >= 4 is 46.9 Å². The van der Waals surface area contributed by atoms with E-state index in [2.05, 4.69) is 10.3 Å². The van der Waals surface area contributed by atoms with Gasteiger partial charge in [0.05, 0.1) is 22.2 Å². The van der Waals surface area contributed by atoms with Crippen LogP contribution >= 0.6 is 24.0 Å². The number of hydrogen-bond acceptors (Lipinski definition) is 5. The number of aromatic carboxylic acids is 1. The van der Waals surface area contributed by atoms with E-state index in [0.717, 1.165) is 54.6 Å². The maximum Gasteiger partial charge on any atom is 0.335 e. The summed E-state index contributed by atoms with van der Waals surface area (Å²) < 4.78 is 23.9. The van der Waals surface area contributed by atoms with Gasteiger partial charge < -0.3 is 20.2 Å². The molecule has 1 aliphatic heterocycles. The first-order valence-electron chi connectivity index (χ1n) is 15.3. The van der Waals surface area contributed by atoms with Gasteiger partial charge in [0, 0.05) is 35.8 Å². The van der Waals surface area contributed by atoms with Gasteiger partial charge in [-0.1, -0.05) is 29.8 Å². The summed E-state index contributed by atoms with van der Waals surface area (Å²) in [6.07, 6.45) is 3.12. The first kappa shape index (κ1) is 33.8. The molecule has 47 heavy (non-hydrogen) atoms. The van der Waals surface area contributed by atoms with E-state index in [0.29, 0.717) is 27.7 Å². The van der Waals surface area contributed by atoms with Crippen LogP contribution in [0.4, 0.5) is 4.39 Å². The number of benzene rings is 4. The Labute approximate surface area is 283 Å². The number of ether oxygens (including phenoxy) is 1. The lowest BCUT2D eigenvalue weighted by Gasteiger charge is -2.31. The third-order valence-corrected chi connectivity index (χ3v) is 8.26. The molecular formula is C36H35Cl2FN4O4. The summed E-state index contributed by atoms with van der Waals surface area (Å²) in [4.78, 5) is 29.1. The number of amides is 1. The van der Waals surface area contributed by atoms with Crippen LogP contribution in [0, 0.1) is 5.82 Å². The number of carboxylic acids is 1. The first-order chi connectivity index (χ1) is 22.2. The normalized spacial score (nSPS) is 13.0. The van der Waals surface area contributed by atoms with Crippen molar-refractivity contribution in [3.05, 3.63) is 106 Å². The molecule has 8 nitrogen and oxygen atoms in total. The summed E-state index contributed by atoms with van der Waals surface area (Å²) >= 11 is 6.12. The Balaban J connectivity index is 0.00000433. The fourth-order valence-corrected chi connectivity index (χ4v) is 5.90. The molecule has 11 heteroatoms. The van der Waals surface area contributed by atoms with Crippen LogP contribution in [0.25, 0.3) is 33.5 Å². The average molecular weight is 678 g/mol. The lowest BCUT2D eigenvalue weighted by atomic mass is 9.97. The zero-order valence-electron chi connectivity index (χ0n) is 26.0.